The summed E-state index contributed by atoms with van der Waals surface area (Å²) in [5.41, 5.74) is 0. The summed E-state index contributed by atoms with van der Waals surface area (Å²) in [6, 6.07) is 0. The van der Waals surface area contributed by atoms with Gasteiger partial charge in [-0.3, -0.25) is 14.4 Å². The van der Waals surface area contributed by atoms with Gasteiger partial charge in [-0.15, -0.1) is 0 Å². The molecule has 0 amide bonds. The Balaban J connectivity index is 4.71. The van der Waals surface area contributed by atoms with E-state index in [-0.39, 0.29) is 38.4 Å². The van der Waals surface area contributed by atoms with Crippen LogP contribution >= 0.6 is 0 Å². The van der Waals surface area contributed by atoms with Crippen LogP contribution < -0.4 is 0 Å². The van der Waals surface area contributed by atoms with Crippen LogP contribution in [0, 0.1) is 0 Å². The van der Waals surface area contributed by atoms with Gasteiger partial charge in [-0.1, -0.05) is 217 Å². The standard InChI is InChI=1S/C65H98O6/c1-4-7-10-13-16-19-22-25-28-31-32-35-37-40-43-46-49-52-55-58-64(67)70-61-62(71-65(68)59-56-53-50-47-44-41-38-34-30-27-24-21-18-15-12-9-6-3)60-69-63(66)57-54-51-48-45-42-39-36-33-29-26-23-20-17-14-11-8-5-2/h8,11,16-21,25-30,32,35-36,38-41,43,45,47-50,52,62H,4-7,9-10,12-15,22-24,31,33-34,37,42,44,46,51,53-61H2,1-3H3/b11-8-,19-16-,20-17-,21-18-,28-25-,29-26-,30-27-,35-32-,39-36-,41-38-,43-40-,48-45-,50-47-,52-49-/t62-/m1/s1. The Morgan fingerprint density at radius 3 is 0.887 bits per heavy atom. The molecule has 0 fully saturated rings. The predicted octanol–water partition coefficient (Wildman–Crippen LogP) is 18.8. The molecule has 0 aliphatic rings. The molecule has 71 heavy (non-hydrogen) atoms. The van der Waals surface area contributed by atoms with E-state index in [4.69, 9.17) is 14.2 Å². The monoisotopic (exact) mass is 975 g/mol. The fourth-order valence-corrected chi connectivity index (χ4v) is 6.57. The first-order valence-electron chi connectivity index (χ1n) is 27.6. The molecule has 394 valence electrons. The van der Waals surface area contributed by atoms with Crippen LogP contribution in [0.1, 0.15) is 201 Å². The highest BCUT2D eigenvalue weighted by molar-refractivity contribution is 5.71. The second-order valence-electron chi connectivity index (χ2n) is 17.4. The maximum absolute atomic E-state index is 12.8. The van der Waals surface area contributed by atoms with Crippen LogP contribution in [0.2, 0.25) is 0 Å². The summed E-state index contributed by atoms with van der Waals surface area (Å²) >= 11 is 0. The molecule has 0 spiro atoms. The first-order valence-corrected chi connectivity index (χ1v) is 27.6. The average Bonchev–Trinajstić information content (AvgIpc) is 3.37. The van der Waals surface area contributed by atoms with Crippen molar-refractivity contribution < 1.29 is 28.6 Å². The Morgan fingerprint density at radius 1 is 0.296 bits per heavy atom. The van der Waals surface area contributed by atoms with Crippen molar-refractivity contribution in [2.45, 2.75) is 207 Å². The highest BCUT2D eigenvalue weighted by Crippen LogP contribution is 2.09. The highest BCUT2D eigenvalue weighted by Gasteiger charge is 2.19. The lowest BCUT2D eigenvalue weighted by molar-refractivity contribution is -0.166. The average molecular weight is 975 g/mol. The Bertz CT molecular complexity index is 1690. The third kappa shape index (κ3) is 55.6. The normalized spacial score (nSPS) is 13.5. The number of hydrogen-bond acceptors (Lipinski definition) is 6. The Morgan fingerprint density at radius 2 is 0.563 bits per heavy atom. The number of rotatable bonds is 47. The SMILES string of the molecule is CC/C=C\C/C=C\C/C=C\C/C=C\C/C=C\CCCC(=O)OC[C@H](COC(=O)CC/C=C\C/C=C\C/C=C\C/C=C\C/C=C\CCCCC)OC(=O)CCC/C=C\C/C=C\C/C=C\C/C=C\CCCCC. The van der Waals surface area contributed by atoms with E-state index in [2.05, 4.69) is 179 Å². The van der Waals surface area contributed by atoms with Gasteiger partial charge in [0, 0.05) is 19.3 Å². The summed E-state index contributed by atoms with van der Waals surface area (Å²) in [6.07, 6.45) is 85.0. The topological polar surface area (TPSA) is 78.9 Å². The van der Waals surface area contributed by atoms with E-state index < -0.39 is 18.0 Å². The summed E-state index contributed by atoms with van der Waals surface area (Å²) in [5, 5.41) is 0. The van der Waals surface area contributed by atoms with Gasteiger partial charge in [0.15, 0.2) is 6.10 Å². The summed E-state index contributed by atoms with van der Waals surface area (Å²) in [5.74, 6) is -1.17. The van der Waals surface area contributed by atoms with E-state index in [9.17, 15) is 14.4 Å². The van der Waals surface area contributed by atoms with Crippen LogP contribution in [0.3, 0.4) is 0 Å². The van der Waals surface area contributed by atoms with E-state index in [0.29, 0.717) is 19.3 Å². The van der Waals surface area contributed by atoms with E-state index in [0.717, 1.165) is 89.9 Å². The Labute approximate surface area is 434 Å². The lowest BCUT2D eigenvalue weighted by Crippen LogP contribution is -2.30. The quantitative estimate of drug-likeness (QED) is 0.0262. The number of unbranched alkanes of at least 4 members (excludes halogenated alkanes) is 8. The molecule has 0 aliphatic carbocycles. The lowest BCUT2D eigenvalue weighted by Gasteiger charge is -2.18. The van der Waals surface area contributed by atoms with E-state index in [1.807, 2.05) is 12.2 Å². The van der Waals surface area contributed by atoms with Crippen LogP contribution in [-0.4, -0.2) is 37.2 Å². The van der Waals surface area contributed by atoms with Crippen LogP contribution in [0.5, 0.6) is 0 Å². The van der Waals surface area contributed by atoms with Gasteiger partial charge in [0.2, 0.25) is 0 Å². The molecular formula is C65H98O6. The number of carbonyl (C=O) groups excluding carboxylic acids is 3. The second kappa shape index (κ2) is 57.3. The molecule has 0 N–H and O–H groups in total. The minimum atomic E-state index is -0.870. The summed E-state index contributed by atoms with van der Waals surface area (Å²) in [7, 11) is 0. The van der Waals surface area contributed by atoms with Gasteiger partial charge in [0.05, 0.1) is 0 Å². The van der Waals surface area contributed by atoms with Crippen molar-refractivity contribution in [1.29, 1.82) is 0 Å². The van der Waals surface area contributed by atoms with Crippen LogP contribution in [0.15, 0.2) is 170 Å². The second-order valence-corrected chi connectivity index (χ2v) is 17.4. The minimum absolute atomic E-state index is 0.161. The molecule has 1 atom stereocenters. The van der Waals surface area contributed by atoms with Crippen molar-refractivity contribution in [1.82, 2.24) is 0 Å². The van der Waals surface area contributed by atoms with Crippen molar-refractivity contribution in [3.05, 3.63) is 170 Å². The fraction of sp³-hybridized carbons (Fsp3) is 0.523. The molecule has 0 rings (SSSR count). The van der Waals surface area contributed by atoms with Crippen LogP contribution in [-0.2, 0) is 28.6 Å². The first kappa shape index (κ1) is 65.8. The lowest BCUT2D eigenvalue weighted by atomic mass is 10.2. The van der Waals surface area contributed by atoms with Crippen molar-refractivity contribution in [3.8, 4) is 0 Å². The van der Waals surface area contributed by atoms with Gasteiger partial charge in [-0.25, -0.2) is 0 Å². The molecule has 6 heteroatoms. The molecular weight excluding hydrogens is 877 g/mol. The molecule has 0 aromatic carbocycles. The van der Waals surface area contributed by atoms with E-state index >= 15 is 0 Å². The highest BCUT2D eigenvalue weighted by atomic mass is 16.6. The number of hydrogen-bond donors (Lipinski definition) is 0. The zero-order chi connectivity index (χ0) is 51.4. The van der Waals surface area contributed by atoms with Gasteiger partial charge >= 0.3 is 17.9 Å². The van der Waals surface area contributed by atoms with Crippen LogP contribution in [0.4, 0.5) is 0 Å². The maximum atomic E-state index is 12.8. The molecule has 0 saturated carbocycles. The third-order valence-electron chi connectivity index (χ3n) is 10.7. The van der Waals surface area contributed by atoms with Gasteiger partial charge in [0.25, 0.3) is 0 Å². The van der Waals surface area contributed by atoms with Crippen molar-refractivity contribution >= 4 is 17.9 Å². The fourth-order valence-electron chi connectivity index (χ4n) is 6.57. The number of allylic oxidation sites excluding steroid dienone is 28. The maximum Gasteiger partial charge on any atom is 0.306 e. The molecule has 0 aromatic rings. The van der Waals surface area contributed by atoms with Gasteiger partial charge in [-0.05, 0) is 135 Å². The van der Waals surface area contributed by atoms with Crippen LogP contribution in [0.25, 0.3) is 0 Å². The summed E-state index contributed by atoms with van der Waals surface area (Å²) < 4.78 is 16.7. The molecule has 0 bridgehead atoms. The zero-order valence-corrected chi connectivity index (χ0v) is 44.9. The largest absolute Gasteiger partial charge is 0.462 e. The van der Waals surface area contributed by atoms with E-state index in [1.165, 1.54) is 51.4 Å². The molecule has 0 unspecified atom stereocenters. The van der Waals surface area contributed by atoms with Gasteiger partial charge < -0.3 is 14.2 Å². The molecule has 0 radical (unpaired) electrons. The van der Waals surface area contributed by atoms with E-state index in [1.54, 1.807) is 0 Å². The summed E-state index contributed by atoms with van der Waals surface area (Å²) in [6.45, 7) is 6.28. The number of esters is 3. The zero-order valence-electron chi connectivity index (χ0n) is 44.9. The minimum Gasteiger partial charge on any atom is -0.462 e. The van der Waals surface area contributed by atoms with Crippen molar-refractivity contribution in [2.75, 3.05) is 13.2 Å². The van der Waals surface area contributed by atoms with Crippen molar-refractivity contribution in [2.24, 2.45) is 0 Å². The Hall–Kier alpha value is -5.23. The van der Waals surface area contributed by atoms with Gasteiger partial charge in [-0.2, -0.15) is 0 Å². The number of carbonyl (C=O) groups is 3. The predicted molar refractivity (Wildman–Crippen MR) is 306 cm³/mol. The van der Waals surface area contributed by atoms with Gasteiger partial charge in [0.1, 0.15) is 13.2 Å². The summed E-state index contributed by atoms with van der Waals surface area (Å²) in [4.78, 5) is 38.0. The molecule has 0 aromatic heterocycles. The molecule has 0 aliphatic heterocycles. The Kier molecular flexibility index (Phi) is 53.1. The molecule has 0 saturated heterocycles. The molecule has 0 heterocycles. The first-order chi connectivity index (χ1) is 35.0. The smallest absolute Gasteiger partial charge is 0.306 e. The van der Waals surface area contributed by atoms with Crippen molar-refractivity contribution in [3.63, 3.8) is 0 Å². The third-order valence-corrected chi connectivity index (χ3v) is 10.7. The molecule has 6 nitrogen and oxygen atoms in total. The number of ether oxygens (including phenoxy) is 3.